The predicted molar refractivity (Wildman–Crippen MR) is 70.8 cm³/mol. The van der Waals surface area contributed by atoms with Gasteiger partial charge >= 0.3 is 12.4 Å². The maximum atomic E-state index is 13.1. The summed E-state index contributed by atoms with van der Waals surface area (Å²) in [6, 6.07) is 2.37. The number of halogens is 8. The first kappa shape index (κ1) is 18.7. The number of alkyl halides is 6. The number of amides is 1. The average Bonchev–Trinajstić information content (AvgIpc) is 2.48. The van der Waals surface area contributed by atoms with E-state index in [1.165, 1.54) is 0 Å². The van der Waals surface area contributed by atoms with Crippen LogP contribution in [0.25, 0.3) is 0 Å². The van der Waals surface area contributed by atoms with Crippen molar-refractivity contribution >= 4 is 11.6 Å². The number of hydrogen-bond acceptors (Lipinski definition) is 1. The zero-order valence-electron chi connectivity index (χ0n) is 11.9. The molecule has 0 saturated carbocycles. The zero-order valence-corrected chi connectivity index (χ0v) is 11.9. The van der Waals surface area contributed by atoms with Crippen LogP contribution < -0.4 is 5.32 Å². The fourth-order valence-electron chi connectivity index (χ4n) is 1.87. The second-order valence-electron chi connectivity index (χ2n) is 4.88. The van der Waals surface area contributed by atoms with Crippen LogP contribution in [0.3, 0.4) is 0 Å². The highest BCUT2D eigenvalue weighted by molar-refractivity contribution is 6.04. The highest BCUT2D eigenvalue weighted by Crippen LogP contribution is 2.37. The van der Waals surface area contributed by atoms with E-state index < -0.39 is 52.3 Å². The number of hydrogen-bond donors (Lipinski definition) is 1. The number of carbonyl (C=O) groups excluding carboxylic acids is 1. The largest absolute Gasteiger partial charge is 0.416 e. The lowest BCUT2D eigenvalue weighted by atomic mass is 10.1. The van der Waals surface area contributed by atoms with Gasteiger partial charge in [-0.3, -0.25) is 4.79 Å². The first-order chi connectivity index (χ1) is 11.4. The van der Waals surface area contributed by atoms with Gasteiger partial charge in [-0.2, -0.15) is 26.3 Å². The maximum absolute atomic E-state index is 13.1. The van der Waals surface area contributed by atoms with Crippen LogP contribution >= 0.6 is 0 Å². The van der Waals surface area contributed by atoms with Gasteiger partial charge in [0, 0.05) is 11.3 Å². The van der Waals surface area contributed by atoms with Crippen LogP contribution in [0.5, 0.6) is 0 Å². The van der Waals surface area contributed by atoms with Crippen molar-refractivity contribution in [3.63, 3.8) is 0 Å². The lowest BCUT2D eigenvalue weighted by Crippen LogP contribution is -2.16. The summed E-state index contributed by atoms with van der Waals surface area (Å²) in [6.07, 6.45) is -10.2. The summed E-state index contributed by atoms with van der Waals surface area (Å²) in [5.41, 5.74) is -4.52. The van der Waals surface area contributed by atoms with E-state index in [-0.39, 0.29) is 6.07 Å². The van der Waals surface area contributed by atoms with E-state index in [1.807, 2.05) is 0 Å². The van der Waals surface area contributed by atoms with Crippen molar-refractivity contribution < 1.29 is 39.9 Å². The molecule has 0 atom stereocenters. The van der Waals surface area contributed by atoms with Crippen LogP contribution in [-0.2, 0) is 12.4 Å². The smallest absolute Gasteiger partial charge is 0.322 e. The maximum Gasteiger partial charge on any atom is 0.416 e. The van der Waals surface area contributed by atoms with Gasteiger partial charge in [-0.15, -0.1) is 0 Å². The molecule has 0 radical (unpaired) electrons. The minimum atomic E-state index is -5.08. The second-order valence-corrected chi connectivity index (χ2v) is 4.88. The topological polar surface area (TPSA) is 29.1 Å². The van der Waals surface area contributed by atoms with E-state index in [1.54, 1.807) is 5.32 Å². The normalized spacial score (nSPS) is 12.2. The molecular formula is C15H7F8NO. The molecule has 2 aromatic carbocycles. The standard InChI is InChI=1S/C15H7F8NO/c16-11-2-1-7(3-12(11)17)13(25)24-10-5-8(14(18,19)20)4-9(6-10)15(21,22)23/h1-6H,(H,24,25). The Kier molecular flexibility index (Phi) is 4.74. The molecule has 25 heavy (non-hydrogen) atoms. The van der Waals surface area contributed by atoms with Crippen molar-refractivity contribution in [1.82, 2.24) is 0 Å². The molecule has 10 heteroatoms. The van der Waals surface area contributed by atoms with E-state index in [9.17, 15) is 39.9 Å². The molecule has 0 fully saturated rings. The van der Waals surface area contributed by atoms with Crippen molar-refractivity contribution in [2.45, 2.75) is 12.4 Å². The fourth-order valence-corrected chi connectivity index (χ4v) is 1.87. The average molecular weight is 369 g/mol. The molecule has 0 saturated heterocycles. The van der Waals surface area contributed by atoms with E-state index in [0.29, 0.717) is 24.3 Å². The summed E-state index contributed by atoms with van der Waals surface area (Å²) < 4.78 is 102. The second kappa shape index (κ2) is 6.34. The minimum absolute atomic E-state index is 0.104. The Hall–Kier alpha value is -2.65. The summed E-state index contributed by atoms with van der Waals surface area (Å²) in [7, 11) is 0. The number of nitrogens with one attached hydrogen (secondary N) is 1. The third kappa shape index (κ3) is 4.46. The third-order valence-corrected chi connectivity index (χ3v) is 3.03. The molecule has 0 unspecified atom stereocenters. The van der Waals surface area contributed by atoms with Crippen LogP contribution in [0.2, 0.25) is 0 Å². The Morgan fingerprint density at radius 2 is 1.28 bits per heavy atom. The molecule has 0 heterocycles. The first-order valence-corrected chi connectivity index (χ1v) is 6.44. The summed E-state index contributed by atoms with van der Waals surface area (Å²) >= 11 is 0. The van der Waals surface area contributed by atoms with Gasteiger partial charge in [0.2, 0.25) is 0 Å². The van der Waals surface area contributed by atoms with Crippen molar-refractivity contribution in [2.24, 2.45) is 0 Å². The van der Waals surface area contributed by atoms with Gasteiger partial charge in [-0.25, -0.2) is 8.78 Å². The molecule has 1 N–H and O–H groups in total. The number of benzene rings is 2. The molecule has 0 aromatic heterocycles. The van der Waals surface area contributed by atoms with Gasteiger partial charge in [0.05, 0.1) is 11.1 Å². The molecule has 2 nitrogen and oxygen atoms in total. The molecule has 0 aliphatic carbocycles. The molecule has 0 spiro atoms. The van der Waals surface area contributed by atoms with Crippen molar-refractivity contribution in [3.05, 3.63) is 64.7 Å². The van der Waals surface area contributed by atoms with Gasteiger partial charge in [-0.1, -0.05) is 0 Å². The monoisotopic (exact) mass is 369 g/mol. The Morgan fingerprint density at radius 3 is 1.72 bits per heavy atom. The van der Waals surface area contributed by atoms with Crippen molar-refractivity contribution in [3.8, 4) is 0 Å². The fraction of sp³-hybridized carbons (Fsp3) is 0.133. The summed E-state index contributed by atoms with van der Waals surface area (Å²) in [4.78, 5) is 11.8. The van der Waals surface area contributed by atoms with E-state index in [4.69, 9.17) is 0 Å². The molecule has 0 aliphatic heterocycles. The Labute approximate surface area is 135 Å². The number of carbonyl (C=O) groups is 1. The Bertz CT molecular complexity index is 778. The van der Waals surface area contributed by atoms with Gasteiger partial charge in [0.1, 0.15) is 0 Å². The highest BCUT2D eigenvalue weighted by atomic mass is 19.4. The van der Waals surface area contributed by atoms with Gasteiger partial charge < -0.3 is 5.32 Å². The Balaban J connectivity index is 2.41. The first-order valence-electron chi connectivity index (χ1n) is 6.44. The van der Waals surface area contributed by atoms with Gasteiger partial charge in [0.15, 0.2) is 11.6 Å². The SMILES string of the molecule is O=C(Nc1cc(C(F)(F)F)cc(C(F)(F)F)c1)c1ccc(F)c(F)c1. The van der Waals surface area contributed by atoms with Gasteiger partial charge in [-0.05, 0) is 36.4 Å². The van der Waals surface area contributed by atoms with Crippen LogP contribution in [0.4, 0.5) is 40.8 Å². The Morgan fingerprint density at radius 1 is 0.760 bits per heavy atom. The molecule has 0 aliphatic rings. The molecule has 2 rings (SSSR count). The molecule has 0 bridgehead atoms. The number of anilines is 1. The zero-order chi connectivity index (χ0) is 19.0. The van der Waals surface area contributed by atoms with Gasteiger partial charge in [0.25, 0.3) is 5.91 Å². The van der Waals surface area contributed by atoms with Crippen LogP contribution in [0.1, 0.15) is 21.5 Å². The van der Waals surface area contributed by atoms with Crippen molar-refractivity contribution in [2.75, 3.05) is 5.32 Å². The molecule has 1 amide bonds. The molecular weight excluding hydrogens is 362 g/mol. The van der Waals surface area contributed by atoms with Crippen LogP contribution in [-0.4, -0.2) is 5.91 Å². The highest BCUT2D eigenvalue weighted by Gasteiger charge is 2.37. The summed E-state index contributed by atoms with van der Waals surface area (Å²) in [5.74, 6) is -3.87. The molecule has 2 aromatic rings. The lowest BCUT2D eigenvalue weighted by molar-refractivity contribution is -0.143. The summed E-state index contributed by atoms with van der Waals surface area (Å²) in [5, 5.41) is 1.80. The summed E-state index contributed by atoms with van der Waals surface area (Å²) in [6.45, 7) is 0. The quantitative estimate of drug-likeness (QED) is 0.720. The van der Waals surface area contributed by atoms with Crippen LogP contribution in [0, 0.1) is 11.6 Å². The predicted octanol–water partition coefficient (Wildman–Crippen LogP) is 5.25. The third-order valence-electron chi connectivity index (χ3n) is 3.03. The number of rotatable bonds is 2. The van der Waals surface area contributed by atoms with E-state index >= 15 is 0 Å². The minimum Gasteiger partial charge on any atom is -0.322 e. The molecule has 134 valence electrons. The lowest BCUT2D eigenvalue weighted by Gasteiger charge is -2.14. The van der Waals surface area contributed by atoms with Crippen molar-refractivity contribution in [1.29, 1.82) is 0 Å². The van der Waals surface area contributed by atoms with E-state index in [2.05, 4.69) is 0 Å². The van der Waals surface area contributed by atoms with E-state index in [0.717, 1.165) is 6.07 Å². The van der Waals surface area contributed by atoms with Crippen LogP contribution in [0.15, 0.2) is 36.4 Å².